The fraction of sp³-hybridized carbons (Fsp3) is 0.417. The van der Waals surface area contributed by atoms with Gasteiger partial charge in [0, 0.05) is 13.0 Å². The molecule has 0 saturated carbocycles. The molecule has 0 heterocycles. The molecule has 0 aromatic heterocycles. The van der Waals surface area contributed by atoms with Crippen LogP contribution in [0.5, 0.6) is 11.5 Å². The topological polar surface area (TPSA) is 141 Å². The molecule has 0 radical (unpaired) electrons. The molecule has 0 spiro atoms. The van der Waals surface area contributed by atoms with Gasteiger partial charge < -0.3 is 24.4 Å². The molecule has 0 aliphatic rings. The largest absolute Gasteiger partial charge is 0.527 e. The quantitative estimate of drug-likeness (QED) is 0.216. The molecule has 0 aliphatic heterocycles. The highest BCUT2D eigenvalue weighted by atomic mass is 31.2. The molecule has 3 N–H and O–H groups in total. The zero-order valence-corrected chi connectivity index (χ0v) is 21.0. The number of carbonyl (C=O) groups is 2. The maximum atomic E-state index is 12.1. The number of esters is 1. The number of benzene rings is 2. The van der Waals surface area contributed by atoms with Crippen LogP contribution >= 0.6 is 7.82 Å². The highest BCUT2D eigenvalue weighted by molar-refractivity contribution is 7.47. The summed E-state index contributed by atoms with van der Waals surface area (Å²) in [5, 5.41) is 12.8. The number of phenolic OH excluding ortho intramolecular Hbond substituents is 1. The van der Waals surface area contributed by atoms with E-state index in [1.54, 1.807) is 26.8 Å². The van der Waals surface area contributed by atoms with Crippen LogP contribution in [-0.4, -0.2) is 41.8 Å². The Morgan fingerprint density at radius 2 is 1.71 bits per heavy atom. The maximum absolute atomic E-state index is 12.1. The summed E-state index contributed by atoms with van der Waals surface area (Å²) in [5.74, 6) is -0.967. The number of rotatable bonds is 12. The Morgan fingerprint density at radius 1 is 1.00 bits per heavy atom. The van der Waals surface area contributed by atoms with Gasteiger partial charge in [0.25, 0.3) is 0 Å². The number of amides is 1. The first-order valence-corrected chi connectivity index (χ1v) is 12.6. The van der Waals surface area contributed by atoms with E-state index in [9.17, 15) is 24.2 Å². The Labute approximate surface area is 204 Å². The summed E-state index contributed by atoms with van der Waals surface area (Å²) in [4.78, 5) is 33.3. The van der Waals surface area contributed by atoms with Crippen molar-refractivity contribution in [1.82, 2.24) is 5.32 Å². The second-order valence-electron chi connectivity index (χ2n) is 8.67. The molecule has 0 aliphatic carbocycles. The number of nitrogens with one attached hydrogen (secondary N) is 1. The van der Waals surface area contributed by atoms with Crippen LogP contribution in [0.2, 0.25) is 0 Å². The highest BCUT2D eigenvalue weighted by Gasteiger charge is 2.25. The van der Waals surface area contributed by atoms with E-state index < -0.39 is 19.3 Å². The lowest BCUT2D eigenvalue weighted by Crippen LogP contribution is -2.26. The van der Waals surface area contributed by atoms with Gasteiger partial charge in [-0.25, -0.2) is 9.36 Å². The molecule has 2 aromatic carbocycles. The summed E-state index contributed by atoms with van der Waals surface area (Å²) in [6.07, 6.45) is 0.0144. The minimum absolute atomic E-state index is 0.0316. The van der Waals surface area contributed by atoms with Gasteiger partial charge in [-0.15, -0.1) is 0 Å². The standard InChI is InChI=1S/C24H32NO9P/c1-24(2,3)22(27)31-14-7-15-33-35(29,30)34-21-11-10-18(16-20(21)26)12-13-25-23(28)32-17-19-8-5-4-6-9-19/h4-6,8-11,16,26H,7,12-15,17H2,1-3H3,(H,25,28)(H,29,30). The number of aromatic hydroxyl groups is 1. The first-order valence-electron chi connectivity index (χ1n) is 11.1. The summed E-state index contributed by atoms with van der Waals surface area (Å²) < 4.78 is 32.1. The first-order chi connectivity index (χ1) is 16.5. The van der Waals surface area contributed by atoms with Crippen LogP contribution in [0.1, 0.15) is 38.3 Å². The zero-order valence-electron chi connectivity index (χ0n) is 20.1. The van der Waals surface area contributed by atoms with Crippen LogP contribution in [0.4, 0.5) is 4.79 Å². The minimum Gasteiger partial charge on any atom is -0.504 e. The number of phosphoric acid groups is 1. The molecule has 0 saturated heterocycles. The molecular weight excluding hydrogens is 477 g/mol. The molecule has 1 atom stereocenters. The van der Waals surface area contributed by atoms with Crippen molar-refractivity contribution in [2.45, 2.75) is 40.2 Å². The van der Waals surface area contributed by atoms with E-state index in [0.717, 1.165) is 5.56 Å². The lowest BCUT2D eigenvalue weighted by atomic mass is 9.97. The average Bonchev–Trinajstić information content (AvgIpc) is 2.79. The van der Waals surface area contributed by atoms with Crippen molar-refractivity contribution in [2.75, 3.05) is 19.8 Å². The van der Waals surface area contributed by atoms with Crippen molar-refractivity contribution in [3.8, 4) is 11.5 Å². The van der Waals surface area contributed by atoms with E-state index in [4.69, 9.17) is 18.5 Å². The van der Waals surface area contributed by atoms with Crippen LogP contribution in [0, 0.1) is 5.41 Å². The fourth-order valence-electron chi connectivity index (χ4n) is 2.65. The fourth-order valence-corrected chi connectivity index (χ4v) is 3.47. The van der Waals surface area contributed by atoms with Crippen LogP contribution < -0.4 is 9.84 Å². The van der Waals surface area contributed by atoms with Crippen molar-refractivity contribution in [2.24, 2.45) is 5.41 Å². The Balaban J connectivity index is 1.71. The molecule has 35 heavy (non-hydrogen) atoms. The van der Waals surface area contributed by atoms with Crippen LogP contribution in [0.25, 0.3) is 0 Å². The second kappa shape index (κ2) is 13.1. The van der Waals surface area contributed by atoms with E-state index in [0.29, 0.717) is 12.0 Å². The SMILES string of the molecule is CC(C)(C)C(=O)OCCCOP(=O)(O)Oc1ccc(CCNC(=O)OCc2ccccc2)cc1O. The summed E-state index contributed by atoms with van der Waals surface area (Å²) in [6.45, 7) is 5.42. The van der Waals surface area contributed by atoms with Crippen LogP contribution in [0.3, 0.4) is 0 Å². The molecule has 1 unspecified atom stereocenters. The maximum Gasteiger partial charge on any atom is 0.527 e. The van der Waals surface area contributed by atoms with Crippen molar-refractivity contribution in [3.63, 3.8) is 0 Å². The van der Waals surface area contributed by atoms with Gasteiger partial charge in [-0.05, 0) is 50.5 Å². The number of alkyl carbamates (subject to hydrolysis) is 1. The van der Waals surface area contributed by atoms with Crippen LogP contribution in [0.15, 0.2) is 48.5 Å². The van der Waals surface area contributed by atoms with E-state index >= 15 is 0 Å². The molecule has 0 fully saturated rings. The average molecular weight is 509 g/mol. The number of carbonyl (C=O) groups excluding carboxylic acids is 2. The first kappa shape index (κ1) is 28.2. The zero-order chi connectivity index (χ0) is 25.9. The third-order valence-electron chi connectivity index (χ3n) is 4.52. The van der Waals surface area contributed by atoms with Gasteiger partial charge >= 0.3 is 19.9 Å². The van der Waals surface area contributed by atoms with E-state index in [2.05, 4.69) is 5.32 Å². The molecule has 2 rings (SSSR count). The van der Waals surface area contributed by atoms with Gasteiger partial charge in [-0.3, -0.25) is 14.2 Å². The Kier molecular flexibility index (Phi) is 10.6. The van der Waals surface area contributed by atoms with E-state index in [1.165, 1.54) is 12.1 Å². The molecule has 1 amide bonds. The molecular formula is C24H32NO9P. The molecule has 2 aromatic rings. The summed E-state index contributed by atoms with van der Waals surface area (Å²) in [7, 11) is -4.49. The number of hydrogen-bond donors (Lipinski definition) is 3. The Hall–Kier alpha value is -3.07. The predicted octanol–water partition coefficient (Wildman–Crippen LogP) is 4.34. The predicted molar refractivity (Wildman–Crippen MR) is 128 cm³/mol. The second-order valence-corrected chi connectivity index (χ2v) is 10.1. The Bertz CT molecular complexity index is 1020. The smallest absolute Gasteiger partial charge is 0.504 e. The highest BCUT2D eigenvalue weighted by Crippen LogP contribution is 2.46. The van der Waals surface area contributed by atoms with Crippen LogP contribution in [-0.2, 0) is 36.4 Å². The van der Waals surface area contributed by atoms with Gasteiger partial charge in [0.1, 0.15) is 6.61 Å². The van der Waals surface area contributed by atoms with Crippen molar-refractivity contribution >= 4 is 19.9 Å². The number of ether oxygens (including phenoxy) is 2. The summed E-state index contributed by atoms with van der Waals surface area (Å²) >= 11 is 0. The van der Waals surface area contributed by atoms with Gasteiger partial charge in [0.2, 0.25) is 0 Å². The minimum atomic E-state index is -4.49. The molecule has 0 bridgehead atoms. The number of phosphoric ester groups is 1. The number of phenols is 1. The monoisotopic (exact) mass is 509 g/mol. The van der Waals surface area contributed by atoms with Crippen molar-refractivity contribution in [3.05, 3.63) is 59.7 Å². The van der Waals surface area contributed by atoms with Gasteiger partial charge in [0.15, 0.2) is 11.5 Å². The van der Waals surface area contributed by atoms with Gasteiger partial charge in [-0.1, -0.05) is 36.4 Å². The van der Waals surface area contributed by atoms with Gasteiger partial charge in [-0.2, -0.15) is 0 Å². The lowest BCUT2D eigenvalue weighted by Gasteiger charge is -2.17. The third kappa shape index (κ3) is 10.8. The van der Waals surface area contributed by atoms with Gasteiger partial charge in [0.05, 0.1) is 18.6 Å². The summed E-state index contributed by atoms with van der Waals surface area (Å²) in [5.41, 5.74) is 0.895. The van der Waals surface area contributed by atoms with E-state index in [1.807, 2.05) is 30.3 Å². The Morgan fingerprint density at radius 3 is 2.37 bits per heavy atom. The van der Waals surface area contributed by atoms with Crippen molar-refractivity contribution < 1.29 is 42.7 Å². The van der Waals surface area contributed by atoms with Crippen molar-refractivity contribution in [1.29, 1.82) is 0 Å². The summed E-state index contributed by atoms with van der Waals surface area (Å²) in [6, 6.07) is 13.5. The normalized spacial score (nSPS) is 12.9. The lowest BCUT2D eigenvalue weighted by molar-refractivity contribution is -0.153. The molecule has 11 heteroatoms. The molecule has 192 valence electrons. The third-order valence-corrected chi connectivity index (χ3v) is 5.46. The molecule has 10 nitrogen and oxygen atoms in total. The number of hydrogen-bond acceptors (Lipinski definition) is 8. The van der Waals surface area contributed by atoms with E-state index in [-0.39, 0.29) is 50.3 Å².